The van der Waals surface area contributed by atoms with Crippen LogP contribution in [-0.4, -0.2) is 39.0 Å². The summed E-state index contributed by atoms with van der Waals surface area (Å²) in [6.45, 7) is 7.73. The van der Waals surface area contributed by atoms with E-state index < -0.39 is 11.5 Å². The number of ether oxygens (including phenoxy) is 1. The number of carbonyl (C=O) groups excluding carboxylic acids is 2. The molecule has 0 bridgehead atoms. The van der Waals surface area contributed by atoms with E-state index in [4.69, 9.17) is 16.3 Å². The Labute approximate surface area is 192 Å². The van der Waals surface area contributed by atoms with Crippen molar-refractivity contribution in [2.75, 3.05) is 6.54 Å². The van der Waals surface area contributed by atoms with Gasteiger partial charge in [0.1, 0.15) is 11.3 Å². The number of amides is 1. The molecule has 0 fully saturated rings. The lowest BCUT2D eigenvalue weighted by molar-refractivity contribution is -0.159. The topological polar surface area (TPSA) is 86.1 Å². The van der Waals surface area contributed by atoms with Crippen molar-refractivity contribution < 1.29 is 14.3 Å². The summed E-state index contributed by atoms with van der Waals surface area (Å²) in [6, 6.07) is 14.7. The maximum absolute atomic E-state index is 12.8. The zero-order valence-electron chi connectivity index (χ0n) is 18.6. The lowest BCUT2D eigenvalue weighted by Crippen LogP contribution is -2.35. The molecular formula is C24H27ClN4O3. The van der Waals surface area contributed by atoms with E-state index in [-0.39, 0.29) is 18.4 Å². The molecule has 1 heterocycles. The second kappa shape index (κ2) is 9.96. The number of nitrogens with zero attached hydrogens (tertiary/aromatic N) is 3. The van der Waals surface area contributed by atoms with Gasteiger partial charge >= 0.3 is 5.97 Å². The van der Waals surface area contributed by atoms with Gasteiger partial charge in [-0.1, -0.05) is 54.1 Å². The Kier molecular flexibility index (Phi) is 7.30. The number of rotatable bonds is 7. The number of hydrogen-bond donors (Lipinski definition) is 1. The summed E-state index contributed by atoms with van der Waals surface area (Å²) < 4.78 is 7.04. The molecule has 3 aromatic rings. The standard InChI is InChI=1S/C24H27ClN4O3/c1-16(23(31)32-24(2,3)4)13-26-22(30)20-11-6-5-8-18(20)14-29-15-21(27-28-29)17-9-7-10-19(25)12-17/h5-12,15-16H,13-14H2,1-4H3,(H,26,30). The molecule has 1 N–H and O–H groups in total. The third-order valence-corrected chi connectivity index (χ3v) is 4.87. The van der Waals surface area contributed by atoms with Crippen molar-refractivity contribution in [3.63, 3.8) is 0 Å². The number of hydrogen-bond acceptors (Lipinski definition) is 5. The second-order valence-electron chi connectivity index (χ2n) is 8.61. The Morgan fingerprint density at radius 2 is 1.91 bits per heavy atom. The largest absolute Gasteiger partial charge is 0.460 e. The number of benzene rings is 2. The SMILES string of the molecule is CC(CNC(=O)c1ccccc1Cn1cc(-c2cccc(Cl)c2)nn1)C(=O)OC(C)(C)C. The fourth-order valence-corrected chi connectivity index (χ4v) is 3.23. The van der Waals surface area contributed by atoms with Gasteiger partial charge in [0.05, 0.1) is 18.7 Å². The van der Waals surface area contributed by atoms with E-state index >= 15 is 0 Å². The fraction of sp³-hybridized carbons (Fsp3) is 0.333. The van der Waals surface area contributed by atoms with Crippen LogP contribution in [0.3, 0.4) is 0 Å². The highest BCUT2D eigenvalue weighted by molar-refractivity contribution is 6.30. The van der Waals surface area contributed by atoms with Crippen LogP contribution in [0.5, 0.6) is 0 Å². The van der Waals surface area contributed by atoms with E-state index in [1.165, 1.54) is 0 Å². The smallest absolute Gasteiger partial charge is 0.310 e. The third kappa shape index (κ3) is 6.40. The first-order valence-corrected chi connectivity index (χ1v) is 10.8. The van der Waals surface area contributed by atoms with Crippen LogP contribution < -0.4 is 5.32 Å². The van der Waals surface area contributed by atoms with Gasteiger partial charge in [-0.05, 0) is 44.5 Å². The van der Waals surface area contributed by atoms with Crippen LogP contribution in [0.2, 0.25) is 5.02 Å². The van der Waals surface area contributed by atoms with Crippen LogP contribution in [0, 0.1) is 5.92 Å². The molecule has 0 aliphatic heterocycles. The highest BCUT2D eigenvalue weighted by Crippen LogP contribution is 2.21. The van der Waals surface area contributed by atoms with Gasteiger partial charge in [0.2, 0.25) is 0 Å². The van der Waals surface area contributed by atoms with E-state index in [9.17, 15) is 9.59 Å². The maximum Gasteiger partial charge on any atom is 0.310 e. The Bertz CT molecular complexity index is 1100. The molecule has 0 saturated heterocycles. The summed E-state index contributed by atoms with van der Waals surface area (Å²) in [5.74, 6) is -1.06. The third-order valence-electron chi connectivity index (χ3n) is 4.63. The van der Waals surface area contributed by atoms with E-state index in [1.807, 2.05) is 57.3 Å². The normalized spacial score (nSPS) is 12.3. The molecule has 8 heteroatoms. The van der Waals surface area contributed by atoms with Crippen LogP contribution in [0.1, 0.15) is 43.6 Å². The predicted molar refractivity (Wildman–Crippen MR) is 123 cm³/mol. The molecule has 2 aromatic carbocycles. The average Bonchev–Trinajstić information content (AvgIpc) is 3.19. The lowest BCUT2D eigenvalue weighted by atomic mass is 10.1. The molecule has 1 unspecified atom stereocenters. The van der Waals surface area contributed by atoms with Gasteiger partial charge in [0.25, 0.3) is 5.91 Å². The Balaban J connectivity index is 1.67. The molecule has 0 spiro atoms. The van der Waals surface area contributed by atoms with Crippen molar-refractivity contribution in [2.24, 2.45) is 5.92 Å². The Morgan fingerprint density at radius 1 is 1.16 bits per heavy atom. The molecule has 7 nitrogen and oxygen atoms in total. The maximum atomic E-state index is 12.8. The minimum atomic E-state index is -0.566. The monoisotopic (exact) mass is 454 g/mol. The zero-order chi connectivity index (χ0) is 23.3. The summed E-state index contributed by atoms with van der Waals surface area (Å²) in [5, 5.41) is 11.8. The molecule has 0 aliphatic rings. The molecule has 0 aliphatic carbocycles. The fourth-order valence-electron chi connectivity index (χ4n) is 3.04. The molecular weight excluding hydrogens is 428 g/mol. The van der Waals surface area contributed by atoms with Gasteiger partial charge in [-0.3, -0.25) is 9.59 Å². The number of halogens is 1. The molecule has 1 atom stereocenters. The summed E-state index contributed by atoms with van der Waals surface area (Å²) in [6.07, 6.45) is 1.81. The predicted octanol–water partition coefficient (Wildman–Crippen LogP) is 4.35. The summed E-state index contributed by atoms with van der Waals surface area (Å²) in [5.41, 5.74) is 2.30. The Hall–Kier alpha value is -3.19. The minimum Gasteiger partial charge on any atom is -0.460 e. The first kappa shape index (κ1) is 23.5. The number of esters is 1. The quantitative estimate of drug-likeness (QED) is 0.536. The summed E-state index contributed by atoms with van der Waals surface area (Å²) in [4.78, 5) is 25.0. The van der Waals surface area contributed by atoms with Crippen molar-refractivity contribution in [3.8, 4) is 11.3 Å². The van der Waals surface area contributed by atoms with Gasteiger partial charge in [-0.15, -0.1) is 5.10 Å². The molecule has 1 amide bonds. The van der Waals surface area contributed by atoms with Gasteiger partial charge in [-0.2, -0.15) is 0 Å². The van der Waals surface area contributed by atoms with E-state index in [0.717, 1.165) is 11.1 Å². The number of aromatic nitrogens is 3. The van der Waals surface area contributed by atoms with Gasteiger partial charge in [0, 0.05) is 22.7 Å². The van der Waals surface area contributed by atoms with Gasteiger partial charge in [0.15, 0.2) is 0 Å². The van der Waals surface area contributed by atoms with Crippen LogP contribution in [0.4, 0.5) is 0 Å². The summed E-state index contributed by atoms with van der Waals surface area (Å²) in [7, 11) is 0. The highest BCUT2D eigenvalue weighted by Gasteiger charge is 2.22. The average molecular weight is 455 g/mol. The van der Waals surface area contributed by atoms with Crippen LogP contribution in [0.25, 0.3) is 11.3 Å². The van der Waals surface area contributed by atoms with Gasteiger partial charge < -0.3 is 10.1 Å². The van der Waals surface area contributed by atoms with Crippen molar-refractivity contribution in [1.82, 2.24) is 20.3 Å². The first-order valence-electron chi connectivity index (χ1n) is 10.4. The second-order valence-corrected chi connectivity index (χ2v) is 9.05. The minimum absolute atomic E-state index is 0.185. The molecule has 168 valence electrons. The number of carbonyl (C=O) groups is 2. The van der Waals surface area contributed by atoms with Crippen molar-refractivity contribution in [2.45, 2.75) is 39.8 Å². The Morgan fingerprint density at radius 3 is 2.62 bits per heavy atom. The van der Waals surface area contributed by atoms with Crippen molar-refractivity contribution in [1.29, 1.82) is 0 Å². The highest BCUT2D eigenvalue weighted by atomic mass is 35.5. The van der Waals surface area contributed by atoms with Crippen LogP contribution in [0.15, 0.2) is 54.7 Å². The molecule has 1 aromatic heterocycles. The summed E-state index contributed by atoms with van der Waals surface area (Å²) >= 11 is 6.06. The number of nitrogens with one attached hydrogen (secondary N) is 1. The van der Waals surface area contributed by atoms with Crippen molar-refractivity contribution in [3.05, 3.63) is 70.9 Å². The lowest BCUT2D eigenvalue weighted by Gasteiger charge is -2.22. The molecule has 3 rings (SSSR count). The van der Waals surface area contributed by atoms with Crippen molar-refractivity contribution >= 4 is 23.5 Å². The molecule has 32 heavy (non-hydrogen) atoms. The van der Waals surface area contributed by atoms with Crippen LogP contribution >= 0.6 is 11.6 Å². The van der Waals surface area contributed by atoms with E-state index in [1.54, 1.807) is 29.8 Å². The molecule has 0 saturated carbocycles. The first-order chi connectivity index (χ1) is 15.1. The molecule has 0 radical (unpaired) electrons. The zero-order valence-corrected chi connectivity index (χ0v) is 19.4. The van der Waals surface area contributed by atoms with E-state index in [0.29, 0.717) is 22.8 Å². The van der Waals surface area contributed by atoms with Gasteiger partial charge in [-0.25, -0.2) is 4.68 Å². The van der Waals surface area contributed by atoms with Crippen LogP contribution in [-0.2, 0) is 16.1 Å². The van der Waals surface area contributed by atoms with E-state index in [2.05, 4.69) is 15.6 Å².